The van der Waals surface area contributed by atoms with E-state index in [1.165, 1.54) is 16.7 Å². The molecule has 0 bridgehead atoms. The Balaban J connectivity index is 1.75. The minimum atomic E-state index is -0.213. The van der Waals surface area contributed by atoms with E-state index in [9.17, 15) is 9.59 Å². The van der Waals surface area contributed by atoms with Gasteiger partial charge >= 0.3 is 0 Å². The molecule has 1 aliphatic heterocycles. The summed E-state index contributed by atoms with van der Waals surface area (Å²) in [5.74, 6) is -0.0982. The van der Waals surface area contributed by atoms with Crippen LogP contribution < -0.4 is 0 Å². The third kappa shape index (κ3) is 2.39. The standard InChI is InChI=1S/C15H10BrNO2S/c16-10-5-7-11(8-6-10)20-9-17-14(18)12-3-1-2-4-13(12)15(17)19/h1-8H,9H2. The van der Waals surface area contributed by atoms with Gasteiger partial charge in [0.2, 0.25) is 0 Å². The van der Waals surface area contributed by atoms with Crippen LogP contribution in [-0.4, -0.2) is 22.6 Å². The van der Waals surface area contributed by atoms with Gasteiger partial charge in [-0.1, -0.05) is 28.1 Å². The summed E-state index contributed by atoms with van der Waals surface area (Å²) in [5.41, 5.74) is 0.989. The molecule has 20 heavy (non-hydrogen) atoms. The maximum absolute atomic E-state index is 12.2. The lowest BCUT2D eigenvalue weighted by Gasteiger charge is -2.13. The average Bonchev–Trinajstić information content (AvgIpc) is 2.71. The van der Waals surface area contributed by atoms with Crippen molar-refractivity contribution in [3.05, 3.63) is 64.1 Å². The third-order valence-corrected chi connectivity index (χ3v) is 4.57. The smallest absolute Gasteiger partial charge is 0.262 e. The molecule has 0 spiro atoms. The molecule has 0 aliphatic carbocycles. The van der Waals surface area contributed by atoms with E-state index < -0.39 is 0 Å². The second-order valence-electron chi connectivity index (χ2n) is 4.31. The topological polar surface area (TPSA) is 37.4 Å². The fourth-order valence-electron chi connectivity index (χ4n) is 2.03. The monoisotopic (exact) mass is 347 g/mol. The molecule has 0 atom stereocenters. The minimum absolute atomic E-state index is 0.213. The molecule has 2 aromatic carbocycles. The fraction of sp³-hybridized carbons (Fsp3) is 0.0667. The highest BCUT2D eigenvalue weighted by Gasteiger charge is 2.34. The molecule has 3 nitrogen and oxygen atoms in total. The zero-order valence-electron chi connectivity index (χ0n) is 10.4. The predicted molar refractivity (Wildman–Crippen MR) is 81.8 cm³/mol. The molecule has 0 saturated carbocycles. The lowest BCUT2D eigenvalue weighted by molar-refractivity contribution is 0.0684. The van der Waals surface area contributed by atoms with E-state index in [0.717, 1.165) is 9.37 Å². The van der Waals surface area contributed by atoms with Crippen molar-refractivity contribution in [1.82, 2.24) is 4.90 Å². The number of hydrogen-bond donors (Lipinski definition) is 0. The maximum atomic E-state index is 12.2. The average molecular weight is 348 g/mol. The fourth-order valence-corrected chi connectivity index (χ4v) is 3.13. The molecule has 2 amide bonds. The van der Waals surface area contributed by atoms with Crippen LogP contribution in [0.3, 0.4) is 0 Å². The molecule has 0 fully saturated rings. The van der Waals surface area contributed by atoms with Crippen molar-refractivity contribution in [2.45, 2.75) is 4.90 Å². The molecule has 0 saturated heterocycles. The van der Waals surface area contributed by atoms with Crippen LogP contribution in [0, 0.1) is 0 Å². The Bertz CT molecular complexity index is 650. The summed E-state index contributed by atoms with van der Waals surface area (Å²) >= 11 is 4.84. The zero-order valence-corrected chi connectivity index (χ0v) is 12.8. The van der Waals surface area contributed by atoms with Gasteiger partial charge in [-0.2, -0.15) is 0 Å². The Labute approximate surface area is 129 Å². The van der Waals surface area contributed by atoms with Gasteiger partial charge in [0.25, 0.3) is 11.8 Å². The van der Waals surface area contributed by atoms with Crippen LogP contribution in [0.5, 0.6) is 0 Å². The van der Waals surface area contributed by atoms with Crippen LogP contribution in [0.4, 0.5) is 0 Å². The number of rotatable bonds is 3. The summed E-state index contributed by atoms with van der Waals surface area (Å²) in [4.78, 5) is 26.6. The van der Waals surface area contributed by atoms with Gasteiger partial charge in [0.15, 0.2) is 0 Å². The number of nitrogens with zero attached hydrogens (tertiary/aromatic N) is 1. The largest absolute Gasteiger partial charge is 0.269 e. The first-order valence-corrected chi connectivity index (χ1v) is 7.78. The van der Waals surface area contributed by atoms with Crippen LogP contribution in [0.1, 0.15) is 20.7 Å². The summed E-state index contributed by atoms with van der Waals surface area (Å²) in [6, 6.07) is 14.7. The molecule has 3 rings (SSSR count). The van der Waals surface area contributed by atoms with E-state index in [-0.39, 0.29) is 11.8 Å². The van der Waals surface area contributed by atoms with Crippen molar-refractivity contribution in [3.8, 4) is 0 Å². The molecule has 0 unspecified atom stereocenters. The van der Waals surface area contributed by atoms with Gasteiger partial charge < -0.3 is 0 Å². The van der Waals surface area contributed by atoms with Crippen molar-refractivity contribution in [3.63, 3.8) is 0 Å². The number of carbonyl (C=O) groups excluding carboxylic acids is 2. The molecule has 2 aromatic rings. The van der Waals surface area contributed by atoms with Crippen molar-refractivity contribution < 1.29 is 9.59 Å². The number of carbonyl (C=O) groups is 2. The van der Waals surface area contributed by atoms with Crippen molar-refractivity contribution in [2.75, 3.05) is 5.88 Å². The lowest BCUT2D eigenvalue weighted by atomic mass is 10.1. The molecule has 1 heterocycles. The van der Waals surface area contributed by atoms with Gasteiger partial charge in [0.1, 0.15) is 0 Å². The Morgan fingerprint density at radius 1 is 0.900 bits per heavy atom. The molecule has 0 radical (unpaired) electrons. The van der Waals surface area contributed by atoms with Gasteiger partial charge in [0, 0.05) is 9.37 Å². The Hall–Kier alpha value is -1.59. The van der Waals surface area contributed by atoms with Crippen LogP contribution in [0.2, 0.25) is 0 Å². The molecular formula is C15H10BrNO2S. The third-order valence-electron chi connectivity index (χ3n) is 3.05. The van der Waals surface area contributed by atoms with Crippen LogP contribution in [0.15, 0.2) is 57.9 Å². The number of imide groups is 1. The van der Waals surface area contributed by atoms with Crippen molar-refractivity contribution in [1.29, 1.82) is 0 Å². The van der Waals surface area contributed by atoms with Gasteiger partial charge in [-0.05, 0) is 36.4 Å². The van der Waals surface area contributed by atoms with Crippen molar-refractivity contribution >= 4 is 39.5 Å². The number of halogens is 1. The molecule has 100 valence electrons. The quantitative estimate of drug-likeness (QED) is 0.626. The normalized spacial score (nSPS) is 13.8. The van der Waals surface area contributed by atoms with Gasteiger partial charge in [-0.25, -0.2) is 0 Å². The van der Waals surface area contributed by atoms with Gasteiger partial charge in [-0.15, -0.1) is 11.8 Å². The minimum Gasteiger partial charge on any atom is -0.269 e. The van der Waals surface area contributed by atoms with E-state index in [0.29, 0.717) is 17.0 Å². The zero-order chi connectivity index (χ0) is 14.1. The molecular weight excluding hydrogens is 338 g/mol. The predicted octanol–water partition coefficient (Wildman–Crippen LogP) is 3.79. The maximum Gasteiger partial charge on any atom is 0.262 e. The van der Waals surface area contributed by atoms with Crippen molar-refractivity contribution in [2.24, 2.45) is 0 Å². The SMILES string of the molecule is O=C1c2ccccc2C(=O)N1CSc1ccc(Br)cc1. The first kappa shape index (κ1) is 13.4. The second-order valence-corrected chi connectivity index (χ2v) is 6.25. The molecule has 1 aliphatic rings. The van der Waals surface area contributed by atoms with E-state index in [1.54, 1.807) is 24.3 Å². The highest BCUT2D eigenvalue weighted by Crippen LogP contribution is 2.27. The van der Waals surface area contributed by atoms with E-state index in [4.69, 9.17) is 0 Å². The van der Waals surface area contributed by atoms with Crippen LogP contribution in [0.25, 0.3) is 0 Å². The summed E-state index contributed by atoms with van der Waals surface area (Å²) in [6.07, 6.45) is 0. The second kappa shape index (κ2) is 5.42. The summed E-state index contributed by atoms with van der Waals surface area (Å²) in [6.45, 7) is 0. The Kier molecular flexibility index (Phi) is 3.63. The lowest BCUT2D eigenvalue weighted by Crippen LogP contribution is -2.29. The number of fused-ring (bicyclic) bond motifs is 1. The highest BCUT2D eigenvalue weighted by molar-refractivity contribution is 9.10. The Morgan fingerprint density at radius 2 is 1.45 bits per heavy atom. The molecule has 0 aromatic heterocycles. The van der Waals surface area contributed by atoms with Gasteiger partial charge in [0.05, 0.1) is 17.0 Å². The van der Waals surface area contributed by atoms with Crippen LogP contribution in [-0.2, 0) is 0 Å². The first-order chi connectivity index (χ1) is 9.66. The summed E-state index contributed by atoms with van der Waals surface area (Å²) < 4.78 is 1.00. The molecule has 5 heteroatoms. The highest BCUT2D eigenvalue weighted by atomic mass is 79.9. The number of thioether (sulfide) groups is 1. The van der Waals surface area contributed by atoms with E-state index in [2.05, 4.69) is 15.9 Å². The number of amides is 2. The summed E-state index contributed by atoms with van der Waals surface area (Å²) in [7, 11) is 0. The molecule has 0 N–H and O–H groups in total. The number of hydrogen-bond acceptors (Lipinski definition) is 3. The van der Waals surface area contributed by atoms with Crippen LogP contribution >= 0.6 is 27.7 Å². The summed E-state index contributed by atoms with van der Waals surface area (Å²) in [5, 5.41) is 0. The van der Waals surface area contributed by atoms with E-state index >= 15 is 0 Å². The number of benzene rings is 2. The van der Waals surface area contributed by atoms with Gasteiger partial charge in [-0.3, -0.25) is 14.5 Å². The first-order valence-electron chi connectivity index (χ1n) is 6.00. The van der Waals surface area contributed by atoms with E-state index in [1.807, 2.05) is 24.3 Å². The Morgan fingerprint density at radius 3 is 2.00 bits per heavy atom.